The van der Waals surface area contributed by atoms with E-state index >= 15 is 0 Å². The molecule has 176 valence electrons. The van der Waals surface area contributed by atoms with Crippen molar-refractivity contribution in [2.45, 2.75) is 65.9 Å². The number of benzene rings is 1. The monoisotopic (exact) mass is 442 g/mol. The number of piperidine rings is 1. The molecule has 2 amide bonds. The topological polar surface area (TPSA) is 59.1 Å². The van der Waals surface area contributed by atoms with Gasteiger partial charge >= 0.3 is 0 Å². The van der Waals surface area contributed by atoms with E-state index in [9.17, 15) is 9.59 Å². The molecule has 0 bridgehead atoms. The van der Waals surface area contributed by atoms with Gasteiger partial charge in [0.05, 0.1) is 11.7 Å². The van der Waals surface area contributed by atoms with Gasteiger partial charge in [-0.05, 0) is 63.1 Å². The zero-order valence-electron chi connectivity index (χ0n) is 20.1. The fourth-order valence-electron chi connectivity index (χ4n) is 4.20. The number of hydrogen-bond donors (Lipinski definition) is 0. The standard InChI is InChI=1S/C26H38N2O4/c1-5-6-17-31-18-7-14-28-25(29)23(21-8-10-22(11-9-21)32-19(2)3)24(26(28)30)27-15-12-20(4)13-16-27/h8-11,19-20H,5-7,12-18H2,1-4H3. The lowest BCUT2D eigenvalue weighted by Crippen LogP contribution is -2.39. The molecule has 0 aromatic heterocycles. The number of rotatable bonds is 11. The number of amides is 2. The Morgan fingerprint density at radius 3 is 2.28 bits per heavy atom. The summed E-state index contributed by atoms with van der Waals surface area (Å²) >= 11 is 0. The maximum absolute atomic E-state index is 13.4. The highest BCUT2D eigenvalue weighted by Crippen LogP contribution is 2.34. The Morgan fingerprint density at radius 2 is 1.66 bits per heavy atom. The first kappa shape index (κ1) is 24.3. The molecule has 1 aromatic carbocycles. The van der Waals surface area contributed by atoms with Crippen molar-refractivity contribution in [1.29, 1.82) is 0 Å². The van der Waals surface area contributed by atoms with Gasteiger partial charge in [0.15, 0.2) is 0 Å². The van der Waals surface area contributed by atoms with Crippen LogP contribution in [-0.4, -0.2) is 60.6 Å². The molecule has 2 aliphatic rings. The molecule has 2 heterocycles. The first-order valence-corrected chi connectivity index (χ1v) is 12.1. The van der Waals surface area contributed by atoms with E-state index < -0.39 is 0 Å². The smallest absolute Gasteiger partial charge is 0.277 e. The highest BCUT2D eigenvalue weighted by molar-refractivity contribution is 6.35. The van der Waals surface area contributed by atoms with E-state index in [1.807, 2.05) is 38.1 Å². The molecule has 0 N–H and O–H groups in total. The fourth-order valence-corrected chi connectivity index (χ4v) is 4.20. The molecule has 32 heavy (non-hydrogen) atoms. The molecule has 0 radical (unpaired) electrons. The molecule has 0 atom stereocenters. The van der Waals surface area contributed by atoms with Crippen LogP contribution in [-0.2, 0) is 14.3 Å². The zero-order valence-corrected chi connectivity index (χ0v) is 20.1. The molecule has 6 nitrogen and oxygen atoms in total. The lowest BCUT2D eigenvalue weighted by molar-refractivity contribution is -0.137. The summed E-state index contributed by atoms with van der Waals surface area (Å²) < 4.78 is 11.4. The molecule has 1 fully saturated rings. The predicted octanol–water partition coefficient (Wildman–Crippen LogP) is 4.49. The highest BCUT2D eigenvalue weighted by atomic mass is 16.5. The van der Waals surface area contributed by atoms with Crippen molar-refractivity contribution in [3.63, 3.8) is 0 Å². The third-order valence-electron chi connectivity index (χ3n) is 6.07. The average Bonchev–Trinajstić information content (AvgIpc) is 3.01. The van der Waals surface area contributed by atoms with Crippen molar-refractivity contribution in [2.24, 2.45) is 5.92 Å². The molecule has 0 spiro atoms. The van der Waals surface area contributed by atoms with Crippen molar-refractivity contribution in [2.75, 3.05) is 32.8 Å². The quantitative estimate of drug-likeness (QED) is 0.373. The Labute approximate surface area is 192 Å². The lowest BCUT2D eigenvalue weighted by Gasteiger charge is -2.32. The molecule has 2 aliphatic heterocycles. The third kappa shape index (κ3) is 5.91. The number of hydrogen-bond acceptors (Lipinski definition) is 5. The van der Waals surface area contributed by atoms with Crippen molar-refractivity contribution in [1.82, 2.24) is 9.80 Å². The number of nitrogens with zero attached hydrogens (tertiary/aromatic N) is 2. The van der Waals surface area contributed by atoms with Gasteiger partial charge in [-0.3, -0.25) is 14.5 Å². The van der Waals surface area contributed by atoms with Crippen molar-refractivity contribution >= 4 is 17.4 Å². The van der Waals surface area contributed by atoms with E-state index in [-0.39, 0.29) is 17.9 Å². The van der Waals surface area contributed by atoms with Gasteiger partial charge in [0.1, 0.15) is 11.4 Å². The van der Waals surface area contributed by atoms with Gasteiger partial charge < -0.3 is 14.4 Å². The Kier molecular flexibility index (Phi) is 8.74. The zero-order chi connectivity index (χ0) is 23.1. The number of carbonyl (C=O) groups excluding carboxylic acids is 2. The minimum absolute atomic E-state index is 0.0793. The van der Waals surface area contributed by atoms with E-state index in [0.29, 0.717) is 36.8 Å². The molecule has 0 unspecified atom stereocenters. The Hall–Kier alpha value is -2.34. The molecule has 0 saturated carbocycles. The van der Waals surface area contributed by atoms with Crippen LogP contribution in [0, 0.1) is 5.92 Å². The minimum atomic E-state index is -0.199. The summed E-state index contributed by atoms with van der Waals surface area (Å²) in [6.07, 6.45) is 4.92. The van der Waals surface area contributed by atoms with Gasteiger partial charge in [-0.2, -0.15) is 0 Å². The van der Waals surface area contributed by atoms with Crippen molar-refractivity contribution < 1.29 is 19.1 Å². The minimum Gasteiger partial charge on any atom is -0.491 e. The molecule has 1 saturated heterocycles. The summed E-state index contributed by atoms with van der Waals surface area (Å²) in [4.78, 5) is 30.3. The third-order valence-corrected chi connectivity index (χ3v) is 6.07. The van der Waals surface area contributed by atoms with E-state index in [2.05, 4.69) is 18.7 Å². The molecular formula is C26H38N2O4. The number of imide groups is 1. The van der Waals surface area contributed by atoms with Crippen LogP contribution < -0.4 is 4.74 Å². The van der Waals surface area contributed by atoms with Crippen molar-refractivity contribution in [3.05, 3.63) is 35.5 Å². The summed E-state index contributed by atoms with van der Waals surface area (Å²) in [5.41, 5.74) is 1.86. The maximum Gasteiger partial charge on any atom is 0.277 e. The Balaban J connectivity index is 1.80. The second-order valence-electron chi connectivity index (χ2n) is 9.17. The van der Waals surface area contributed by atoms with Crippen LogP contribution in [0.15, 0.2) is 30.0 Å². The SMILES string of the molecule is CCCCOCCCN1C(=O)C(c2ccc(OC(C)C)cc2)=C(N2CCC(C)CC2)C1=O. The Bertz CT molecular complexity index is 808. The summed E-state index contributed by atoms with van der Waals surface area (Å²) in [6.45, 7) is 11.6. The summed E-state index contributed by atoms with van der Waals surface area (Å²) in [5.74, 6) is 1.03. The van der Waals surface area contributed by atoms with E-state index in [4.69, 9.17) is 9.47 Å². The lowest BCUT2D eigenvalue weighted by atomic mass is 9.97. The van der Waals surface area contributed by atoms with E-state index in [0.717, 1.165) is 56.7 Å². The van der Waals surface area contributed by atoms with E-state index in [1.165, 1.54) is 4.90 Å². The second kappa shape index (κ2) is 11.5. The van der Waals surface area contributed by atoms with Crippen LogP contribution in [0.5, 0.6) is 5.75 Å². The summed E-state index contributed by atoms with van der Waals surface area (Å²) in [6, 6.07) is 7.53. The van der Waals surface area contributed by atoms with Crippen LogP contribution in [0.25, 0.3) is 5.57 Å². The molecule has 0 aliphatic carbocycles. The Morgan fingerprint density at radius 1 is 1.00 bits per heavy atom. The summed E-state index contributed by atoms with van der Waals surface area (Å²) in [5, 5.41) is 0. The van der Waals surface area contributed by atoms with E-state index in [1.54, 1.807) is 0 Å². The first-order valence-electron chi connectivity index (χ1n) is 12.1. The number of unbranched alkanes of at least 4 members (excludes halogenated alkanes) is 1. The van der Waals surface area contributed by atoms with Gasteiger partial charge in [0, 0.05) is 32.8 Å². The van der Waals surface area contributed by atoms with Crippen LogP contribution >= 0.6 is 0 Å². The van der Waals surface area contributed by atoms with Gasteiger partial charge in [0.25, 0.3) is 11.8 Å². The normalized spacial score (nSPS) is 17.8. The molecule has 6 heteroatoms. The van der Waals surface area contributed by atoms with Gasteiger partial charge in [-0.25, -0.2) is 0 Å². The number of likely N-dealkylation sites (tertiary alicyclic amines) is 1. The number of ether oxygens (including phenoxy) is 2. The first-order chi connectivity index (χ1) is 15.4. The van der Waals surface area contributed by atoms with Crippen LogP contribution in [0.2, 0.25) is 0 Å². The van der Waals surface area contributed by atoms with Gasteiger partial charge in [-0.1, -0.05) is 32.4 Å². The van der Waals surface area contributed by atoms with Gasteiger partial charge in [0.2, 0.25) is 0 Å². The van der Waals surface area contributed by atoms with Crippen molar-refractivity contribution in [3.8, 4) is 5.75 Å². The van der Waals surface area contributed by atoms with Crippen LogP contribution in [0.1, 0.15) is 65.4 Å². The fraction of sp³-hybridized carbons (Fsp3) is 0.615. The highest BCUT2D eigenvalue weighted by Gasteiger charge is 2.41. The molecule has 3 rings (SSSR count). The second-order valence-corrected chi connectivity index (χ2v) is 9.17. The van der Waals surface area contributed by atoms with Crippen LogP contribution in [0.4, 0.5) is 0 Å². The average molecular weight is 443 g/mol. The van der Waals surface area contributed by atoms with Crippen LogP contribution in [0.3, 0.4) is 0 Å². The number of carbonyl (C=O) groups is 2. The van der Waals surface area contributed by atoms with Gasteiger partial charge in [-0.15, -0.1) is 0 Å². The largest absolute Gasteiger partial charge is 0.491 e. The predicted molar refractivity (Wildman–Crippen MR) is 126 cm³/mol. The summed E-state index contributed by atoms with van der Waals surface area (Å²) in [7, 11) is 0. The maximum atomic E-state index is 13.4. The molecular weight excluding hydrogens is 404 g/mol. The molecule has 1 aromatic rings.